The molecule has 0 unspecified atom stereocenters. The van der Waals surface area contributed by atoms with Crippen LogP contribution in [0.3, 0.4) is 0 Å². The minimum Gasteiger partial charge on any atom is -0.466 e. The number of ether oxygens (including phenoxy) is 1. The molecular formula is C27H44O3. The van der Waals surface area contributed by atoms with E-state index in [-0.39, 0.29) is 12.2 Å². The van der Waals surface area contributed by atoms with Crippen molar-refractivity contribution in [3.63, 3.8) is 0 Å². The van der Waals surface area contributed by atoms with Crippen molar-refractivity contribution < 1.29 is 14.3 Å². The van der Waals surface area contributed by atoms with Crippen LogP contribution in [-0.2, 0) is 16.0 Å². The van der Waals surface area contributed by atoms with E-state index in [1.54, 1.807) is 6.92 Å². The second-order valence-corrected chi connectivity index (χ2v) is 8.45. The molecule has 1 aromatic rings. The molecule has 0 bridgehead atoms. The third-order valence-electron chi connectivity index (χ3n) is 5.71. The maximum Gasteiger partial charge on any atom is 0.313 e. The first-order valence-corrected chi connectivity index (χ1v) is 12.4. The number of benzene rings is 1. The maximum atomic E-state index is 12.0. The minimum atomic E-state index is -0.450. The fourth-order valence-corrected chi connectivity index (χ4v) is 3.83. The number of hydrogen-bond donors (Lipinski definition) is 0. The maximum absolute atomic E-state index is 12.0. The molecule has 0 heterocycles. The fourth-order valence-electron chi connectivity index (χ4n) is 3.83. The molecule has 0 aliphatic rings. The zero-order valence-electron chi connectivity index (χ0n) is 19.6. The minimum absolute atomic E-state index is 0.170. The molecule has 3 heteroatoms. The number of aryl methyl sites for hydroxylation is 1. The lowest BCUT2D eigenvalue weighted by Gasteiger charge is -2.05. The SMILES string of the molecule is CCCCCCCCCCCCCCCCc1ccc(C(=O)CC(=O)OCC)cc1. The molecule has 0 saturated heterocycles. The van der Waals surface area contributed by atoms with Crippen molar-refractivity contribution in [3.8, 4) is 0 Å². The molecule has 1 rings (SSSR count). The third-order valence-corrected chi connectivity index (χ3v) is 5.71. The quantitative estimate of drug-likeness (QED) is 0.0998. The standard InChI is InChI=1S/C27H44O3/c1-3-5-6-7-8-9-10-11-12-13-14-15-16-17-18-24-19-21-25(22-20-24)26(28)23-27(29)30-4-2/h19-22H,3-18,23H2,1-2H3. The average Bonchev–Trinajstić information content (AvgIpc) is 2.74. The predicted molar refractivity (Wildman–Crippen MR) is 126 cm³/mol. The molecule has 0 fully saturated rings. The summed E-state index contributed by atoms with van der Waals surface area (Å²) in [4.78, 5) is 23.4. The highest BCUT2D eigenvalue weighted by molar-refractivity contribution is 6.05. The fraction of sp³-hybridized carbons (Fsp3) is 0.704. The van der Waals surface area contributed by atoms with Gasteiger partial charge >= 0.3 is 5.97 Å². The first-order valence-electron chi connectivity index (χ1n) is 12.4. The van der Waals surface area contributed by atoms with Gasteiger partial charge in [0.25, 0.3) is 0 Å². The van der Waals surface area contributed by atoms with Gasteiger partial charge in [0.05, 0.1) is 6.61 Å². The summed E-state index contributed by atoms with van der Waals surface area (Å²) in [6.07, 6.45) is 20.1. The lowest BCUT2D eigenvalue weighted by molar-refractivity contribution is -0.141. The average molecular weight is 417 g/mol. The molecule has 0 saturated carbocycles. The highest BCUT2D eigenvalue weighted by atomic mass is 16.5. The summed E-state index contributed by atoms with van der Waals surface area (Å²) in [5.41, 5.74) is 1.86. The van der Waals surface area contributed by atoms with Crippen LogP contribution in [0.25, 0.3) is 0 Å². The Hall–Kier alpha value is -1.64. The molecule has 3 nitrogen and oxygen atoms in total. The van der Waals surface area contributed by atoms with Crippen molar-refractivity contribution in [3.05, 3.63) is 35.4 Å². The van der Waals surface area contributed by atoms with Crippen LogP contribution >= 0.6 is 0 Å². The second kappa shape index (κ2) is 18.2. The number of Topliss-reactive ketones (excluding diaryl/α,β-unsaturated/α-hetero) is 1. The van der Waals surface area contributed by atoms with E-state index < -0.39 is 5.97 Å². The Bertz CT molecular complexity index is 562. The number of carbonyl (C=O) groups excluding carboxylic acids is 2. The molecule has 0 radical (unpaired) electrons. The summed E-state index contributed by atoms with van der Waals surface area (Å²) in [6, 6.07) is 7.70. The zero-order valence-corrected chi connectivity index (χ0v) is 19.6. The third kappa shape index (κ3) is 13.6. The van der Waals surface area contributed by atoms with Gasteiger partial charge in [0.1, 0.15) is 6.42 Å². The van der Waals surface area contributed by atoms with E-state index in [1.807, 2.05) is 24.3 Å². The van der Waals surface area contributed by atoms with E-state index in [2.05, 4.69) is 6.92 Å². The van der Waals surface area contributed by atoms with Gasteiger partial charge in [0.2, 0.25) is 0 Å². The molecule has 30 heavy (non-hydrogen) atoms. The van der Waals surface area contributed by atoms with Gasteiger partial charge in [-0.2, -0.15) is 0 Å². The molecule has 0 atom stereocenters. The van der Waals surface area contributed by atoms with E-state index in [0.717, 1.165) is 6.42 Å². The van der Waals surface area contributed by atoms with Crippen molar-refractivity contribution >= 4 is 11.8 Å². The first kappa shape index (κ1) is 26.4. The van der Waals surface area contributed by atoms with Crippen LogP contribution in [0.1, 0.15) is 126 Å². The Morgan fingerprint density at radius 2 is 1.13 bits per heavy atom. The van der Waals surface area contributed by atoms with Crippen LogP contribution in [0.2, 0.25) is 0 Å². The van der Waals surface area contributed by atoms with Gasteiger partial charge in [-0.15, -0.1) is 0 Å². The summed E-state index contributed by atoms with van der Waals surface area (Å²) in [5, 5.41) is 0. The summed E-state index contributed by atoms with van der Waals surface area (Å²) in [5.74, 6) is -0.620. The lowest BCUT2D eigenvalue weighted by atomic mass is 10.0. The molecule has 0 N–H and O–H groups in total. The Labute approximate surface area is 185 Å². The van der Waals surface area contributed by atoms with Gasteiger partial charge in [-0.05, 0) is 25.3 Å². The monoisotopic (exact) mass is 416 g/mol. The second-order valence-electron chi connectivity index (χ2n) is 8.45. The van der Waals surface area contributed by atoms with Crippen LogP contribution < -0.4 is 0 Å². The molecular weight excluding hydrogens is 372 g/mol. The smallest absolute Gasteiger partial charge is 0.313 e. The number of carbonyl (C=O) groups is 2. The van der Waals surface area contributed by atoms with E-state index >= 15 is 0 Å². The summed E-state index contributed by atoms with van der Waals surface area (Å²) < 4.78 is 4.83. The van der Waals surface area contributed by atoms with E-state index in [9.17, 15) is 9.59 Å². The molecule has 0 amide bonds. The first-order chi connectivity index (χ1) is 14.7. The number of ketones is 1. The van der Waals surface area contributed by atoms with Crippen molar-refractivity contribution in [2.75, 3.05) is 6.61 Å². The number of hydrogen-bond acceptors (Lipinski definition) is 3. The Kier molecular flexibility index (Phi) is 16.0. The lowest BCUT2D eigenvalue weighted by Crippen LogP contribution is -2.11. The van der Waals surface area contributed by atoms with Gasteiger partial charge in [0.15, 0.2) is 5.78 Å². The van der Waals surface area contributed by atoms with Gasteiger partial charge in [-0.25, -0.2) is 0 Å². The van der Waals surface area contributed by atoms with Crippen LogP contribution in [0, 0.1) is 0 Å². The normalized spacial score (nSPS) is 10.9. The van der Waals surface area contributed by atoms with Crippen LogP contribution in [0.5, 0.6) is 0 Å². The highest BCUT2D eigenvalue weighted by Crippen LogP contribution is 2.15. The van der Waals surface area contributed by atoms with E-state index in [0.29, 0.717) is 12.2 Å². The van der Waals surface area contributed by atoms with Crippen molar-refractivity contribution in [2.45, 2.75) is 117 Å². The van der Waals surface area contributed by atoms with E-state index in [1.165, 1.54) is 95.5 Å². The molecule has 1 aromatic carbocycles. The summed E-state index contributed by atoms with van der Waals surface area (Å²) in [7, 11) is 0. The van der Waals surface area contributed by atoms with Crippen LogP contribution in [-0.4, -0.2) is 18.4 Å². The van der Waals surface area contributed by atoms with Crippen LogP contribution in [0.4, 0.5) is 0 Å². The zero-order chi connectivity index (χ0) is 21.9. The molecule has 0 aliphatic carbocycles. The summed E-state index contributed by atoms with van der Waals surface area (Å²) >= 11 is 0. The van der Waals surface area contributed by atoms with Crippen molar-refractivity contribution in [1.82, 2.24) is 0 Å². The van der Waals surface area contributed by atoms with Gasteiger partial charge < -0.3 is 4.74 Å². The highest BCUT2D eigenvalue weighted by Gasteiger charge is 2.12. The Morgan fingerprint density at radius 3 is 1.60 bits per heavy atom. The van der Waals surface area contributed by atoms with Gasteiger partial charge in [0, 0.05) is 5.56 Å². The molecule has 0 aromatic heterocycles. The summed E-state index contributed by atoms with van der Waals surface area (Å²) in [6.45, 7) is 4.33. The Morgan fingerprint density at radius 1 is 0.667 bits per heavy atom. The largest absolute Gasteiger partial charge is 0.466 e. The van der Waals surface area contributed by atoms with Gasteiger partial charge in [-0.1, -0.05) is 115 Å². The predicted octanol–water partition coefficient (Wildman–Crippen LogP) is 7.85. The van der Waals surface area contributed by atoms with E-state index in [4.69, 9.17) is 4.74 Å². The topological polar surface area (TPSA) is 43.4 Å². The van der Waals surface area contributed by atoms with Gasteiger partial charge in [-0.3, -0.25) is 9.59 Å². The number of rotatable bonds is 19. The molecule has 170 valence electrons. The molecule has 0 spiro atoms. The van der Waals surface area contributed by atoms with Crippen LogP contribution in [0.15, 0.2) is 24.3 Å². The number of esters is 1. The Balaban J connectivity index is 1.99. The number of unbranched alkanes of at least 4 members (excludes halogenated alkanes) is 13. The van der Waals surface area contributed by atoms with Crippen molar-refractivity contribution in [1.29, 1.82) is 0 Å². The van der Waals surface area contributed by atoms with Crippen molar-refractivity contribution in [2.24, 2.45) is 0 Å². The molecule has 0 aliphatic heterocycles.